The van der Waals surface area contributed by atoms with Gasteiger partial charge in [-0.05, 0) is 37.1 Å². The second-order valence-corrected chi connectivity index (χ2v) is 6.73. The number of benzene rings is 1. The summed E-state index contributed by atoms with van der Waals surface area (Å²) in [5.41, 5.74) is 0.666. The van der Waals surface area contributed by atoms with Gasteiger partial charge in [-0.3, -0.25) is 4.79 Å². The van der Waals surface area contributed by atoms with E-state index in [1.54, 1.807) is 21.9 Å². The molecule has 0 aromatic heterocycles. The zero-order chi connectivity index (χ0) is 17.1. The van der Waals surface area contributed by atoms with Gasteiger partial charge in [0.1, 0.15) is 5.82 Å². The highest BCUT2D eigenvalue weighted by atomic mass is 19.1. The van der Waals surface area contributed by atoms with Gasteiger partial charge in [0.05, 0.1) is 6.04 Å². The summed E-state index contributed by atoms with van der Waals surface area (Å²) in [6.07, 6.45) is 5.97. The summed E-state index contributed by atoms with van der Waals surface area (Å²) in [6.45, 7) is 0.425. The van der Waals surface area contributed by atoms with Gasteiger partial charge in [0.2, 0.25) is 5.91 Å². The lowest BCUT2D eigenvalue weighted by Gasteiger charge is -2.32. The average molecular weight is 333 g/mol. The molecule has 130 valence electrons. The van der Waals surface area contributed by atoms with E-state index >= 15 is 0 Å². The highest BCUT2D eigenvalue weighted by Gasteiger charge is 2.33. The summed E-state index contributed by atoms with van der Waals surface area (Å²) in [5.74, 6) is -0.378. The van der Waals surface area contributed by atoms with Crippen LogP contribution < -0.4 is 10.2 Å². The first-order valence-corrected chi connectivity index (χ1v) is 8.64. The predicted molar refractivity (Wildman–Crippen MR) is 90.3 cm³/mol. The van der Waals surface area contributed by atoms with Gasteiger partial charge in [-0.15, -0.1) is 0 Å². The van der Waals surface area contributed by atoms with Gasteiger partial charge in [-0.2, -0.15) is 0 Å². The van der Waals surface area contributed by atoms with Gasteiger partial charge >= 0.3 is 6.03 Å². The smallest absolute Gasteiger partial charge is 0.317 e. The summed E-state index contributed by atoms with van der Waals surface area (Å²) in [6, 6.07) is 5.83. The molecule has 0 radical (unpaired) electrons. The number of nitrogens with one attached hydrogen (secondary N) is 1. The molecule has 1 N–H and O–H groups in total. The molecular weight excluding hydrogens is 309 g/mol. The minimum atomic E-state index is -0.329. The number of carbonyl (C=O) groups excluding carboxylic acids is 2. The topological polar surface area (TPSA) is 52.7 Å². The van der Waals surface area contributed by atoms with Crippen molar-refractivity contribution in [2.75, 3.05) is 18.5 Å². The fraction of sp³-hybridized carbons (Fsp3) is 0.556. The van der Waals surface area contributed by atoms with Crippen molar-refractivity contribution in [2.24, 2.45) is 0 Å². The zero-order valence-corrected chi connectivity index (χ0v) is 14.0. The molecule has 3 amide bonds. The second kappa shape index (κ2) is 7.20. The van der Waals surface area contributed by atoms with Crippen molar-refractivity contribution >= 4 is 17.6 Å². The van der Waals surface area contributed by atoms with Gasteiger partial charge in [0.25, 0.3) is 0 Å². The summed E-state index contributed by atoms with van der Waals surface area (Å²) in [5, 5.41) is 2.97. The Balaban J connectivity index is 1.57. The van der Waals surface area contributed by atoms with E-state index in [0.717, 1.165) is 12.8 Å². The van der Waals surface area contributed by atoms with E-state index in [4.69, 9.17) is 0 Å². The van der Waals surface area contributed by atoms with Gasteiger partial charge in [-0.1, -0.05) is 19.3 Å². The molecule has 1 aromatic rings. The van der Waals surface area contributed by atoms with Crippen LogP contribution in [0.15, 0.2) is 24.3 Å². The Kier molecular flexibility index (Phi) is 5.02. The Hall–Kier alpha value is -2.11. The molecule has 1 saturated heterocycles. The highest BCUT2D eigenvalue weighted by Crippen LogP contribution is 2.24. The summed E-state index contributed by atoms with van der Waals surface area (Å²) < 4.78 is 13.0. The van der Waals surface area contributed by atoms with Crippen LogP contribution in [0.2, 0.25) is 0 Å². The number of anilines is 1. The van der Waals surface area contributed by atoms with Gasteiger partial charge in [0, 0.05) is 31.7 Å². The number of urea groups is 1. The van der Waals surface area contributed by atoms with Crippen LogP contribution in [0.5, 0.6) is 0 Å². The monoisotopic (exact) mass is 333 g/mol. The molecule has 1 saturated carbocycles. The number of rotatable bonds is 3. The quantitative estimate of drug-likeness (QED) is 0.925. The van der Waals surface area contributed by atoms with Crippen molar-refractivity contribution in [1.82, 2.24) is 10.2 Å². The molecule has 0 unspecified atom stereocenters. The lowest BCUT2D eigenvalue weighted by atomic mass is 9.95. The first-order chi connectivity index (χ1) is 11.5. The maximum absolute atomic E-state index is 13.0. The number of hydrogen-bond donors (Lipinski definition) is 1. The Morgan fingerprint density at radius 1 is 1.21 bits per heavy atom. The molecule has 6 heteroatoms. The Morgan fingerprint density at radius 2 is 1.88 bits per heavy atom. The van der Waals surface area contributed by atoms with Crippen LogP contribution in [0.4, 0.5) is 14.9 Å². The van der Waals surface area contributed by atoms with E-state index in [-0.39, 0.29) is 30.2 Å². The molecular formula is C18H24FN3O2. The minimum absolute atomic E-state index is 0.0489. The van der Waals surface area contributed by atoms with Gasteiger partial charge in [0.15, 0.2) is 0 Å². The molecule has 1 atom stereocenters. The number of hydrogen-bond acceptors (Lipinski definition) is 2. The minimum Gasteiger partial charge on any atom is -0.333 e. The molecule has 0 spiro atoms. The van der Waals surface area contributed by atoms with Crippen LogP contribution in [-0.4, -0.2) is 42.5 Å². The Bertz CT molecular complexity index is 599. The lowest BCUT2D eigenvalue weighted by Crippen LogP contribution is -2.48. The molecule has 1 aliphatic carbocycles. The molecule has 1 aliphatic heterocycles. The molecule has 1 heterocycles. The summed E-state index contributed by atoms with van der Waals surface area (Å²) in [4.78, 5) is 28.0. The number of nitrogens with zero attached hydrogens (tertiary/aromatic N) is 2. The van der Waals surface area contributed by atoms with Crippen molar-refractivity contribution in [3.05, 3.63) is 30.1 Å². The van der Waals surface area contributed by atoms with Crippen LogP contribution in [-0.2, 0) is 4.79 Å². The van der Waals surface area contributed by atoms with Crippen LogP contribution in [0.3, 0.4) is 0 Å². The molecule has 1 aromatic carbocycles. The second-order valence-electron chi connectivity index (χ2n) is 6.73. The van der Waals surface area contributed by atoms with E-state index in [0.29, 0.717) is 18.3 Å². The summed E-state index contributed by atoms with van der Waals surface area (Å²) >= 11 is 0. The van der Waals surface area contributed by atoms with Gasteiger partial charge in [-0.25, -0.2) is 9.18 Å². The van der Waals surface area contributed by atoms with E-state index in [1.165, 1.54) is 31.4 Å². The summed E-state index contributed by atoms with van der Waals surface area (Å²) in [7, 11) is 1.83. The van der Waals surface area contributed by atoms with Crippen molar-refractivity contribution in [3.63, 3.8) is 0 Å². The average Bonchev–Trinajstić information content (AvgIpc) is 2.96. The first kappa shape index (κ1) is 16.7. The third-order valence-corrected chi connectivity index (χ3v) is 5.03. The SMILES string of the molecule is CN(C(=O)N[C@H]1CC(=O)N(c2ccc(F)cc2)C1)C1CCCCC1. The Labute approximate surface area is 141 Å². The first-order valence-electron chi connectivity index (χ1n) is 8.64. The van der Waals surface area contributed by atoms with Crippen LogP contribution in [0.1, 0.15) is 38.5 Å². The van der Waals surface area contributed by atoms with Gasteiger partial charge < -0.3 is 15.1 Å². The molecule has 2 fully saturated rings. The standard InChI is InChI=1S/C18H24FN3O2/c1-21(15-5-3-2-4-6-15)18(24)20-14-11-17(23)22(12-14)16-9-7-13(19)8-10-16/h7-10,14-15H,2-6,11-12H2,1H3,(H,20,24)/t14-/m0/s1. The van der Waals surface area contributed by atoms with Crippen molar-refractivity contribution in [1.29, 1.82) is 0 Å². The number of halogens is 1. The van der Waals surface area contributed by atoms with Crippen molar-refractivity contribution in [2.45, 2.75) is 50.6 Å². The molecule has 2 aliphatic rings. The molecule has 0 bridgehead atoms. The fourth-order valence-corrected chi connectivity index (χ4v) is 3.59. The maximum atomic E-state index is 13.0. The lowest BCUT2D eigenvalue weighted by molar-refractivity contribution is -0.117. The van der Waals surface area contributed by atoms with Crippen LogP contribution in [0, 0.1) is 5.82 Å². The van der Waals surface area contributed by atoms with E-state index in [2.05, 4.69) is 5.32 Å². The van der Waals surface area contributed by atoms with Crippen molar-refractivity contribution < 1.29 is 14.0 Å². The van der Waals surface area contributed by atoms with E-state index in [1.807, 2.05) is 7.05 Å². The van der Waals surface area contributed by atoms with E-state index in [9.17, 15) is 14.0 Å². The van der Waals surface area contributed by atoms with E-state index < -0.39 is 0 Å². The molecule has 5 nitrogen and oxygen atoms in total. The molecule has 3 rings (SSSR count). The molecule has 24 heavy (non-hydrogen) atoms. The highest BCUT2D eigenvalue weighted by molar-refractivity contribution is 5.96. The van der Waals surface area contributed by atoms with Crippen LogP contribution in [0.25, 0.3) is 0 Å². The third-order valence-electron chi connectivity index (χ3n) is 5.03. The normalized spacial score (nSPS) is 21.8. The predicted octanol–water partition coefficient (Wildman–Crippen LogP) is 2.91. The third kappa shape index (κ3) is 3.68. The largest absolute Gasteiger partial charge is 0.333 e. The zero-order valence-electron chi connectivity index (χ0n) is 14.0. The number of amides is 3. The van der Waals surface area contributed by atoms with Crippen LogP contribution >= 0.6 is 0 Å². The van der Waals surface area contributed by atoms with Crippen molar-refractivity contribution in [3.8, 4) is 0 Å². The number of carbonyl (C=O) groups is 2. The Morgan fingerprint density at radius 3 is 2.54 bits per heavy atom. The maximum Gasteiger partial charge on any atom is 0.317 e. The fourth-order valence-electron chi connectivity index (χ4n) is 3.59.